The molecular weight excluding hydrogens is 262 g/mol. The Labute approximate surface area is 106 Å². The number of aryl methyl sites for hydroxylation is 1. The van der Waals surface area contributed by atoms with Crippen LogP contribution in [0.1, 0.15) is 5.82 Å². The Morgan fingerprint density at radius 2 is 1.79 bits per heavy atom. The van der Waals surface area contributed by atoms with Crippen molar-refractivity contribution in [3.8, 4) is 0 Å². The van der Waals surface area contributed by atoms with Crippen LogP contribution in [0, 0.1) is 30.2 Å². The summed E-state index contributed by atoms with van der Waals surface area (Å²) in [5, 5.41) is 2.35. The highest BCUT2D eigenvalue weighted by atomic mass is 19.2. The number of imidazole rings is 1. The predicted molar refractivity (Wildman–Crippen MR) is 61.7 cm³/mol. The van der Waals surface area contributed by atoms with Crippen molar-refractivity contribution >= 4 is 5.69 Å². The molecule has 1 aromatic heterocycles. The molecule has 2 rings (SSSR count). The molecule has 0 saturated heterocycles. The Morgan fingerprint density at radius 1 is 1.16 bits per heavy atom. The number of halogens is 4. The molecule has 0 aliphatic rings. The first-order valence-corrected chi connectivity index (χ1v) is 5.55. The SMILES string of the molecule is Cc1nccn1CCNc1c(F)c(F)cc(F)c1F. The molecule has 19 heavy (non-hydrogen) atoms. The number of nitrogens with zero attached hydrogens (tertiary/aromatic N) is 2. The maximum atomic E-state index is 13.3. The third kappa shape index (κ3) is 2.69. The van der Waals surface area contributed by atoms with E-state index in [9.17, 15) is 17.6 Å². The molecule has 0 amide bonds. The molecule has 0 radical (unpaired) electrons. The van der Waals surface area contributed by atoms with Crippen molar-refractivity contribution in [1.82, 2.24) is 9.55 Å². The highest BCUT2D eigenvalue weighted by Crippen LogP contribution is 2.23. The van der Waals surface area contributed by atoms with E-state index in [0.29, 0.717) is 6.54 Å². The van der Waals surface area contributed by atoms with Crippen LogP contribution in [0.25, 0.3) is 0 Å². The Hall–Kier alpha value is -2.05. The number of aromatic nitrogens is 2. The minimum Gasteiger partial charge on any atom is -0.378 e. The zero-order valence-corrected chi connectivity index (χ0v) is 10.1. The van der Waals surface area contributed by atoms with E-state index in [1.165, 1.54) is 0 Å². The van der Waals surface area contributed by atoms with Gasteiger partial charge in [0.1, 0.15) is 11.5 Å². The second-order valence-electron chi connectivity index (χ2n) is 3.94. The minimum atomic E-state index is -1.43. The maximum absolute atomic E-state index is 13.3. The van der Waals surface area contributed by atoms with Gasteiger partial charge in [-0.1, -0.05) is 0 Å². The van der Waals surface area contributed by atoms with E-state index in [1.54, 1.807) is 23.9 Å². The van der Waals surface area contributed by atoms with E-state index < -0.39 is 29.0 Å². The third-order valence-electron chi connectivity index (χ3n) is 2.69. The number of hydrogen-bond acceptors (Lipinski definition) is 2. The standard InChI is InChI=1S/C12H11F4N3/c1-7-17-2-4-19(7)5-3-18-12-10(15)8(13)6-9(14)11(12)16/h2,4,6,18H,3,5H2,1H3. The number of rotatable bonds is 4. The van der Waals surface area contributed by atoms with Crippen LogP contribution in [0.15, 0.2) is 18.5 Å². The number of nitrogens with one attached hydrogen (secondary N) is 1. The average molecular weight is 273 g/mol. The first-order chi connectivity index (χ1) is 9.00. The van der Waals surface area contributed by atoms with Crippen LogP contribution in [0.2, 0.25) is 0 Å². The molecule has 102 valence electrons. The normalized spacial score (nSPS) is 10.8. The summed E-state index contributed by atoms with van der Waals surface area (Å²) in [5.74, 6) is -4.99. The van der Waals surface area contributed by atoms with Crippen LogP contribution < -0.4 is 5.32 Å². The Kier molecular flexibility index (Phi) is 3.73. The van der Waals surface area contributed by atoms with Crippen molar-refractivity contribution in [1.29, 1.82) is 0 Å². The van der Waals surface area contributed by atoms with Gasteiger partial charge in [0, 0.05) is 31.5 Å². The van der Waals surface area contributed by atoms with Crippen molar-refractivity contribution in [2.45, 2.75) is 13.5 Å². The summed E-state index contributed by atoms with van der Waals surface area (Å²) in [5.41, 5.74) is -0.796. The lowest BCUT2D eigenvalue weighted by Gasteiger charge is -2.11. The number of benzene rings is 1. The van der Waals surface area contributed by atoms with Crippen LogP contribution in [-0.4, -0.2) is 16.1 Å². The molecule has 0 bridgehead atoms. The molecule has 1 heterocycles. The summed E-state index contributed by atoms with van der Waals surface area (Å²) < 4.78 is 54.3. The lowest BCUT2D eigenvalue weighted by Crippen LogP contribution is -2.14. The van der Waals surface area contributed by atoms with Gasteiger partial charge in [0.15, 0.2) is 23.3 Å². The Bertz CT molecular complexity index is 569. The van der Waals surface area contributed by atoms with Gasteiger partial charge in [0.25, 0.3) is 0 Å². The quantitative estimate of drug-likeness (QED) is 0.685. The highest BCUT2D eigenvalue weighted by molar-refractivity contribution is 5.47. The minimum absolute atomic E-state index is 0.105. The van der Waals surface area contributed by atoms with Gasteiger partial charge >= 0.3 is 0 Å². The van der Waals surface area contributed by atoms with Gasteiger partial charge in [-0.15, -0.1) is 0 Å². The molecule has 1 N–H and O–H groups in total. The summed E-state index contributed by atoms with van der Waals surface area (Å²) in [6.45, 7) is 2.24. The van der Waals surface area contributed by atoms with Crippen LogP contribution in [0.4, 0.5) is 23.2 Å². The Morgan fingerprint density at radius 3 is 2.32 bits per heavy atom. The van der Waals surface area contributed by atoms with Crippen LogP contribution in [0.5, 0.6) is 0 Å². The topological polar surface area (TPSA) is 29.9 Å². The first-order valence-electron chi connectivity index (χ1n) is 5.55. The second kappa shape index (κ2) is 5.29. The zero-order chi connectivity index (χ0) is 14.0. The lowest BCUT2D eigenvalue weighted by molar-refractivity contribution is 0.457. The second-order valence-corrected chi connectivity index (χ2v) is 3.94. The fourth-order valence-electron chi connectivity index (χ4n) is 1.67. The molecule has 7 heteroatoms. The number of anilines is 1. The summed E-state index contributed by atoms with van der Waals surface area (Å²) in [7, 11) is 0. The monoisotopic (exact) mass is 273 g/mol. The highest BCUT2D eigenvalue weighted by Gasteiger charge is 2.18. The summed E-state index contributed by atoms with van der Waals surface area (Å²) in [6.07, 6.45) is 3.27. The fraction of sp³-hybridized carbons (Fsp3) is 0.250. The van der Waals surface area contributed by atoms with Gasteiger partial charge in [-0.05, 0) is 6.92 Å². The van der Waals surface area contributed by atoms with E-state index >= 15 is 0 Å². The predicted octanol–water partition coefficient (Wildman–Crippen LogP) is 2.86. The molecule has 0 aliphatic heterocycles. The Balaban J connectivity index is 2.10. The van der Waals surface area contributed by atoms with Crippen molar-refractivity contribution in [2.75, 3.05) is 11.9 Å². The van der Waals surface area contributed by atoms with Crippen LogP contribution >= 0.6 is 0 Å². The molecule has 0 atom stereocenters. The largest absolute Gasteiger partial charge is 0.378 e. The average Bonchev–Trinajstić information content (AvgIpc) is 2.77. The van der Waals surface area contributed by atoms with Crippen molar-refractivity contribution in [3.63, 3.8) is 0 Å². The van der Waals surface area contributed by atoms with Gasteiger partial charge in [-0.2, -0.15) is 0 Å². The van der Waals surface area contributed by atoms with Gasteiger partial charge in [0.2, 0.25) is 0 Å². The van der Waals surface area contributed by atoms with Gasteiger partial charge in [-0.25, -0.2) is 22.5 Å². The fourth-order valence-corrected chi connectivity index (χ4v) is 1.67. The summed E-state index contributed by atoms with van der Waals surface area (Å²) in [4.78, 5) is 3.97. The third-order valence-corrected chi connectivity index (χ3v) is 2.69. The molecular formula is C12H11F4N3. The molecule has 3 nitrogen and oxygen atoms in total. The van der Waals surface area contributed by atoms with Crippen molar-refractivity contribution < 1.29 is 17.6 Å². The van der Waals surface area contributed by atoms with E-state index in [1.807, 2.05) is 0 Å². The molecule has 0 spiro atoms. The van der Waals surface area contributed by atoms with Crippen LogP contribution in [0.3, 0.4) is 0 Å². The van der Waals surface area contributed by atoms with E-state index in [4.69, 9.17) is 0 Å². The molecule has 0 unspecified atom stereocenters. The van der Waals surface area contributed by atoms with E-state index in [0.717, 1.165) is 5.82 Å². The first kappa shape index (κ1) is 13.4. The van der Waals surface area contributed by atoms with E-state index in [-0.39, 0.29) is 12.6 Å². The molecule has 2 aromatic rings. The molecule has 1 aromatic carbocycles. The van der Waals surface area contributed by atoms with Crippen molar-refractivity contribution in [2.24, 2.45) is 0 Å². The summed E-state index contributed by atoms with van der Waals surface area (Å²) >= 11 is 0. The maximum Gasteiger partial charge on any atom is 0.185 e. The van der Waals surface area contributed by atoms with Gasteiger partial charge in [-0.3, -0.25) is 0 Å². The zero-order valence-electron chi connectivity index (χ0n) is 10.1. The molecule has 0 aliphatic carbocycles. The molecule has 0 fully saturated rings. The number of hydrogen-bond donors (Lipinski definition) is 1. The lowest BCUT2D eigenvalue weighted by atomic mass is 10.2. The van der Waals surface area contributed by atoms with Gasteiger partial charge < -0.3 is 9.88 Å². The van der Waals surface area contributed by atoms with Crippen LogP contribution in [-0.2, 0) is 6.54 Å². The van der Waals surface area contributed by atoms with E-state index in [2.05, 4.69) is 10.3 Å². The summed E-state index contributed by atoms with van der Waals surface area (Å²) in [6, 6.07) is 0.176. The van der Waals surface area contributed by atoms with Gasteiger partial charge in [0.05, 0.1) is 0 Å². The molecule has 0 saturated carbocycles. The van der Waals surface area contributed by atoms with Crippen molar-refractivity contribution in [3.05, 3.63) is 47.6 Å². The smallest absolute Gasteiger partial charge is 0.185 e.